The topological polar surface area (TPSA) is 137 Å². The predicted molar refractivity (Wildman–Crippen MR) is 155 cm³/mol. The number of amides is 1. The number of imidazole rings is 1. The van der Waals surface area contributed by atoms with Gasteiger partial charge >= 0.3 is 18.8 Å². The number of aliphatic carboxylic acids is 1. The zero-order valence-corrected chi connectivity index (χ0v) is 24.7. The SMILES string of the molecule is CN(C)c1ccc(-c2ccc3nc(NC(=O)c4ccc(C(C)(C)C)cc4)cn3n2)cc1.FC(F)F.O=C(O)C(F)(F)F.O=CO. The first kappa shape index (κ1) is 37.9. The van der Waals surface area contributed by atoms with E-state index >= 15 is 0 Å². The molecule has 3 N–H and O–H groups in total. The Morgan fingerprint density at radius 2 is 1.42 bits per heavy atom. The number of hydrogen-bond donors (Lipinski definition) is 3. The van der Waals surface area contributed by atoms with Gasteiger partial charge in [0.05, 0.1) is 11.9 Å². The number of alkyl halides is 6. The van der Waals surface area contributed by atoms with Crippen molar-refractivity contribution in [3.05, 3.63) is 78.0 Å². The Morgan fingerprint density at radius 3 is 1.84 bits per heavy atom. The molecule has 1 amide bonds. The van der Waals surface area contributed by atoms with Gasteiger partial charge in [-0.2, -0.15) is 31.4 Å². The molecule has 0 bridgehead atoms. The second-order valence-corrected chi connectivity index (χ2v) is 10.0. The summed E-state index contributed by atoms with van der Waals surface area (Å²) in [6.45, 7) is 2.53. The molecular weight excluding hydrogens is 612 g/mol. The molecule has 0 unspecified atom stereocenters. The van der Waals surface area contributed by atoms with E-state index in [0.29, 0.717) is 17.0 Å². The molecule has 4 rings (SSSR count). The van der Waals surface area contributed by atoms with Crippen molar-refractivity contribution in [2.75, 3.05) is 24.3 Å². The number of carbonyl (C=O) groups is 3. The van der Waals surface area contributed by atoms with E-state index in [0.717, 1.165) is 16.9 Å². The lowest BCUT2D eigenvalue weighted by atomic mass is 9.87. The second kappa shape index (κ2) is 16.6. The quantitative estimate of drug-likeness (QED) is 0.169. The van der Waals surface area contributed by atoms with Crippen molar-refractivity contribution < 1.29 is 50.9 Å². The fourth-order valence-corrected chi connectivity index (χ4v) is 3.34. The average Bonchev–Trinajstić information content (AvgIpc) is 3.34. The summed E-state index contributed by atoms with van der Waals surface area (Å²) in [5.74, 6) is -2.48. The Balaban J connectivity index is 0.000000609. The lowest BCUT2D eigenvalue weighted by Gasteiger charge is -2.18. The van der Waals surface area contributed by atoms with E-state index < -0.39 is 18.8 Å². The molecule has 0 saturated heterocycles. The summed E-state index contributed by atoms with van der Waals surface area (Å²) in [5.41, 5.74) is 5.50. The molecule has 0 radical (unpaired) electrons. The Bertz CT molecular complexity index is 1530. The number of carboxylic acid groups (broad SMARTS) is 2. The van der Waals surface area contributed by atoms with Gasteiger partial charge in [-0.25, -0.2) is 14.3 Å². The Hall–Kier alpha value is -5.15. The van der Waals surface area contributed by atoms with Gasteiger partial charge in [0, 0.05) is 30.9 Å². The van der Waals surface area contributed by atoms with Gasteiger partial charge in [-0.05, 0) is 47.4 Å². The molecule has 45 heavy (non-hydrogen) atoms. The largest absolute Gasteiger partial charge is 0.490 e. The number of benzene rings is 2. The summed E-state index contributed by atoms with van der Waals surface area (Å²) in [6, 6.07) is 19.7. The molecule has 0 aliphatic carbocycles. The van der Waals surface area contributed by atoms with Crippen molar-refractivity contribution in [1.29, 1.82) is 0 Å². The van der Waals surface area contributed by atoms with Crippen LogP contribution in [0.1, 0.15) is 36.7 Å². The van der Waals surface area contributed by atoms with Crippen LogP contribution in [-0.4, -0.2) is 70.1 Å². The van der Waals surface area contributed by atoms with Gasteiger partial charge in [0.2, 0.25) is 0 Å². The minimum atomic E-state index is -5.08. The smallest absolute Gasteiger partial charge is 0.483 e. The maximum atomic E-state index is 12.6. The van der Waals surface area contributed by atoms with Crippen molar-refractivity contribution >= 4 is 35.5 Å². The van der Waals surface area contributed by atoms with Crippen LogP contribution in [0.3, 0.4) is 0 Å². The lowest BCUT2D eigenvalue weighted by molar-refractivity contribution is -0.192. The third-order valence-electron chi connectivity index (χ3n) is 5.50. The first-order valence-electron chi connectivity index (χ1n) is 12.7. The summed E-state index contributed by atoms with van der Waals surface area (Å²) in [5, 5.41) is 21.5. The van der Waals surface area contributed by atoms with Crippen molar-refractivity contribution in [2.45, 2.75) is 39.0 Å². The fourth-order valence-electron chi connectivity index (χ4n) is 3.34. The molecule has 0 spiro atoms. The number of fused-ring (bicyclic) bond motifs is 1. The molecule has 2 aromatic carbocycles. The van der Waals surface area contributed by atoms with Crippen LogP contribution in [0.5, 0.6) is 0 Å². The molecule has 0 aliphatic rings. The fraction of sp³-hybridized carbons (Fsp3) is 0.276. The first-order chi connectivity index (χ1) is 20.8. The average molecular weight is 644 g/mol. The van der Waals surface area contributed by atoms with E-state index in [1.54, 1.807) is 10.7 Å². The first-order valence-corrected chi connectivity index (χ1v) is 12.7. The van der Waals surface area contributed by atoms with Crippen LogP contribution in [0, 0.1) is 0 Å². The summed E-state index contributed by atoms with van der Waals surface area (Å²) < 4.78 is 62.4. The predicted octanol–water partition coefficient (Wildman–Crippen LogP) is 6.52. The highest BCUT2D eigenvalue weighted by Gasteiger charge is 2.38. The highest BCUT2D eigenvalue weighted by molar-refractivity contribution is 6.03. The minimum absolute atomic E-state index is 0.0484. The van der Waals surface area contributed by atoms with Crippen molar-refractivity contribution in [1.82, 2.24) is 14.6 Å². The zero-order valence-electron chi connectivity index (χ0n) is 24.7. The number of carbonyl (C=O) groups excluding carboxylic acids is 1. The van der Waals surface area contributed by atoms with Crippen LogP contribution in [0.4, 0.5) is 37.8 Å². The minimum Gasteiger partial charge on any atom is -0.483 e. The number of carboxylic acids is 1. The molecule has 0 fully saturated rings. The number of hydrogen-bond acceptors (Lipinski definition) is 6. The molecule has 0 atom stereocenters. The van der Waals surface area contributed by atoms with E-state index in [1.807, 2.05) is 62.6 Å². The Labute approximate surface area is 253 Å². The molecule has 0 saturated carbocycles. The Morgan fingerprint density at radius 1 is 0.933 bits per heavy atom. The highest BCUT2D eigenvalue weighted by Crippen LogP contribution is 2.23. The number of aromatic nitrogens is 3. The molecule has 2 aromatic heterocycles. The molecule has 0 aliphatic heterocycles. The van der Waals surface area contributed by atoms with Gasteiger partial charge in [0.15, 0.2) is 11.5 Å². The van der Waals surface area contributed by atoms with Gasteiger partial charge < -0.3 is 20.4 Å². The maximum absolute atomic E-state index is 12.6. The van der Waals surface area contributed by atoms with Crippen LogP contribution in [0.15, 0.2) is 66.9 Å². The number of halogens is 6. The summed E-state index contributed by atoms with van der Waals surface area (Å²) in [6.07, 6.45) is -3.35. The lowest BCUT2D eigenvalue weighted by Crippen LogP contribution is -2.21. The molecule has 4 aromatic rings. The molecule has 10 nitrogen and oxygen atoms in total. The van der Waals surface area contributed by atoms with E-state index in [1.165, 1.54) is 5.56 Å². The van der Waals surface area contributed by atoms with E-state index in [-0.39, 0.29) is 17.8 Å². The molecule has 244 valence electrons. The summed E-state index contributed by atoms with van der Waals surface area (Å²) in [7, 11) is 4.03. The van der Waals surface area contributed by atoms with E-state index in [4.69, 9.17) is 19.8 Å². The van der Waals surface area contributed by atoms with Crippen LogP contribution in [0.25, 0.3) is 16.9 Å². The zero-order chi connectivity index (χ0) is 34.5. The molecular formula is C29H31F6N5O5. The molecule has 16 heteroatoms. The van der Waals surface area contributed by atoms with E-state index in [9.17, 15) is 31.1 Å². The maximum Gasteiger partial charge on any atom is 0.490 e. The summed E-state index contributed by atoms with van der Waals surface area (Å²) in [4.78, 5) is 36.4. The number of anilines is 2. The standard InChI is InChI=1S/C25H27N5O.C2HF3O2.CHF3.CH2O2/c1-25(2,3)19-10-6-18(7-11-19)24(31)27-22-16-30-23(26-22)15-14-21(28-30)17-8-12-20(13-9-17)29(4)5;3-2(4,5)1(6)7;2-1(3)4;2-1-3/h6-16H,1-5H3,(H,27,31);(H,6,7);1H;1H,(H,2,3). The van der Waals surface area contributed by atoms with Crippen LogP contribution in [0.2, 0.25) is 0 Å². The van der Waals surface area contributed by atoms with Crippen LogP contribution < -0.4 is 10.2 Å². The number of rotatable bonds is 4. The number of nitrogens with zero attached hydrogens (tertiary/aromatic N) is 4. The monoisotopic (exact) mass is 643 g/mol. The molecule has 2 heterocycles. The van der Waals surface area contributed by atoms with Gasteiger partial charge in [-0.1, -0.05) is 45.0 Å². The second-order valence-electron chi connectivity index (χ2n) is 10.0. The normalized spacial score (nSPS) is 10.8. The summed E-state index contributed by atoms with van der Waals surface area (Å²) >= 11 is 0. The highest BCUT2D eigenvalue weighted by atomic mass is 19.4. The van der Waals surface area contributed by atoms with Crippen molar-refractivity contribution in [3.63, 3.8) is 0 Å². The van der Waals surface area contributed by atoms with Gasteiger partial charge in [-0.15, -0.1) is 0 Å². The van der Waals surface area contributed by atoms with Crippen molar-refractivity contribution in [3.8, 4) is 11.3 Å². The Kier molecular flexibility index (Phi) is 14.0. The van der Waals surface area contributed by atoms with Crippen LogP contribution in [-0.2, 0) is 15.0 Å². The van der Waals surface area contributed by atoms with Gasteiger partial charge in [0.1, 0.15) is 0 Å². The third kappa shape index (κ3) is 12.9. The van der Waals surface area contributed by atoms with Crippen LogP contribution >= 0.6 is 0 Å². The number of nitrogens with one attached hydrogen (secondary N) is 1. The van der Waals surface area contributed by atoms with Crippen molar-refractivity contribution in [2.24, 2.45) is 0 Å². The van der Waals surface area contributed by atoms with Gasteiger partial charge in [0.25, 0.3) is 12.4 Å². The van der Waals surface area contributed by atoms with E-state index in [2.05, 4.69) is 53.2 Å². The third-order valence-corrected chi connectivity index (χ3v) is 5.50. The van der Waals surface area contributed by atoms with Gasteiger partial charge in [-0.3, -0.25) is 9.59 Å².